The Morgan fingerprint density at radius 2 is 0.705 bits per heavy atom. The zero-order chi connectivity index (χ0) is 46.1. The zero-order valence-corrected chi connectivity index (χ0v) is 44.1. The molecule has 0 aromatic heterocycles. The number of nitrogens with one attached hydrogen (secondary N) is 1. The van der Waals surface area contributed by atoms with Crippen LogP contribution in [-0.2, 0) is 14.2 Å². The fourth-order valence-electron chi connectivity index (χ4n) is 8.47. The highest BCUT2D eigenvalue weighted by Crippen LogP contribution is 2.22. The quantitative estimate of drug-likeness (QED) is 0.174. The van der Waals surface area contributed by atoms with Gasteiger partial charge in [-0.1, -0.05) is 0 Å². The Balaban J connectivity index is 0.000000320. The summed E-state index contributed by atoms with van der Waals surface area (Å²) >= 11 is 0. The maximum Gasteiger partial charge on any atom is 0.0598 e. The first-order valence-electron chi connectivity index (χ1n) is 24.8. The van der Waals surface area contributed by atoms with Crippen molar-refractivity contribution in [3.05, 3.63) is 0 Å². The molecule has 4 fully saturated rings. The molecule has 4 rings (SSSR count). The summed E-state index contributed by atoms with van der Waals surface area (Å²) in [7, 11) is 0. The van der Waals surface area contributed by atoms with Crippen LogP contribution in [0.1, 0.15) is 157 Å². The van der Waals surface area contributed by atoms with Crippen molar-refractivity contribution < 1.29 is 14.2 Å². The highest BCUT2D eigenvalue weighted by Gasteiger charge is 2.31. The second-order valence-electron chi connectivity index (χ2n) is 24.4. The Morgan fingerprint density at radius 3 is 1.02 bits per heavy atom. The van der Waals surface area contributed by atoms with E-state index in [0.29, 0.717) is 11.1 Å². The molecule has 11 heteroatoms. The van der Waals surface area contributed by atoms with Crippen molar-refractivity contribution in [3.8, 4) is 0 Å². The van der Waals surface area contributed by atoms with E-state index >= 15 is 0 Å². The number of piperazine rings is 3. The van der Waals surface area contributed by atoms with E-state index in [9.17, 15) is 0 Å². The summed E-state index contributed by atoms with van der Waals surface area (Å²) in [5.41, 5.74) is 4.36. The van der Waals surface area contributed by atoms with Crippen LogP contribution in [0.25, 0.3) is 0 Å². The minimum atomic E-state index is -0.00464. The van der Waals surface area contributed by atoms with Crippen LogP contribution in [-0.4, -0.2) is 205 Å². The minimum absolute atomic E-state index is 0.00218. The fraction of sp³-hybridized carbons (Fsp3) is 1.00. The van der Waals surface area contributed by atoms with Gasteiger partial charge in [0.15, 0.2) is 0 Å². The molecule has 364 valence electrons. The minimum Gasteiger partial charge on any atom is -0.376 e. The van der Waals surface area contributed by atoms with Gasteiger partial charge in [-0.2, -0.15) is 0 Å². The van der Waals surface area contributed by atoms with Crippen LogP contribution in [0, 0.1) is 0 Å². The lowest BCUT2D eigenvalue weighted by Crippen LogP contribution is -2.57. The summed E-state index contributed by atoms with van der Waals surface area (Å²) in [5.74, 6) is 0. The Hall–Kier alpha value is -0.440. The van der Waals surface area contributed by atoms with E-state index in [1.807, 2.05) is 0 Å². The number of nitrogens with zero attached hydrogens (tertiary/aromatic N) is 7. The van der Waals surface area contributed by atoms with Gasteiger partial charge in [0.1, 0.15) is 0 Å². The van der Waals surface area contributed by atoms with Crippen LogP contribution in [0.5, 0.6) is 0 Å². The maximum absolute atomic E-state index is 5.83. The SMILES string of the molecule is CC(C)(C)NN1CCN(CCCOC(C)(C)C)CC1.CC(C)(C)OCCCN1CCC(N2CCN(C(C)(C)C)CC2)CC1.CC(C)(C)OCCCN1CCN(C(C)(C)C)CC1. The molecule has 0 amide bonds. The first-order valence-corrected chi connectivity index (χ1v) is 24.8. The second kappa shape index (κ2) is 26.0. The van der Waals surface area contributed by atoms with Crippen molar-refractivity contribution in [2.75, 3.05) is 131 Å². The van der Waals surface area contributed by atoms with E-state index in [2.05, 4.69) is 164 Å². The van der Waals surface area contributed by atoms with Crippen LogP contribution >= 0.6 is 0 Å². The molecule has 0 aliphatic carbocycles. The van der Waals surface area contributed by atoms with E-state index in [1.54, 1.807) is 0 Å². The molecular weight excluding hydrogens is 761 g/mol. The third-order valence-corrected chi connectivity index (χ3v) is 12.0. The van der Waals surface area contributed by atoms with E-state index in [-0.39, 0.29) is 22.3 Å². The molecule has 0 atom stereocenters. The summed E-state index contributed by atoms with van der Waals surface area (Å²) < 4.78 is 17.4. The van der Waals surface area contributed by atoms with Crippen molar-refractivity contribution in [1.82, 2.24) is 39.8 Å². The zero-order valence-electron chi connectivity index (χ0n) is 44.1. The first-order chi connectivity index (χ1) is 28.0. The van der Waals surface area contributed by atoms with Crippen molar-refractivity contribution >= 4 is 0 Å². The van der Waals surface area contributed by atoms with E-state index in [1.165, 1.54) is 91.4 Å². The number of hydrazine groups is 1. The highest BCUT2D eigenvalue weighted by atomic mass is 16.5. The first kappa shape index (κ1) is 56.7. The fourth-order valence-corrected chi connectivity index (χ4v) is 8.47. The highest BCUT2D eigenvalue weighted by molar-refractivity contribution is 4.87. The van der Waals surface area contributed by atoms with Gasteiger partial charge in [-0.15, -0.1) is 0 Å². The largest absolute Gasteiger partial charge is 0.376 e. The average molecular weight is 867 g/mol. The molecule has 61 heavy (non-hydrogen) atoms. The Bertz CT molecular complexity index is 1110. The van der Waals surface area contributed by atoms with Crippen LogP contribution in [0.15, 0.2) is 0 Å². The van der Waals surface area contributed by atoms with Crippen LogP contribution in [0.3, 0.4) is 0 Å². The number of ether oxygens (including phenoxy) is 3. The lowest BCUT2D eigenvalue weighted by molar-refractivity contribution is -0.0103. The third-order valence-electron chi connectivity index (χ3n) is 12.0. The molecule has 0 saturated carbocycles. The molecule has 4 saturated heterocycles. The second-order valence-corrected chi connectivity index (χ2v) is 24.4. The van der Waals surface area contributed by atoms with E-state index in [4.69, 9.17) is 14.2 Å². The summed E-state index contributed by atoms with van der Waals surface area (Å²) in [5, 5.41) is 2.35. The van der Waals surface area contributed by atoms with Crippen LogP contribution in [0.4, 0.5) is 0 Å². The van der Waals surface area contributed by atoms with Gasteiger partial charge in [-0.3, -0.25) is 14.7 Å². The molecule has 0 radical (unpaired) electrons. The Morgan fingerprint density at radius 1 is 0.393 bits per heavy atom. The third kappa shape index (κ3) is 27.6. The van der Waals surface area contributed by atoms with Crippen molar-refractivity contribution in [1.29, 1.82) is 0 Å². The smallest absolute Gasteiger partial charge is 0.0598 e. The van der Waals surface area contributed by atoms with Gasteiger partial charge >= 0.3 is 0 Å². The molecule has 11 nitrogen and oxygen atoms in total. The molecule has 0 spiro atoms. The summed E-state index contributed by atoms with van der Waals surface area (Å²) in [6, 6.07) is 0.814. The van der Waals surface area contributed by atoms with Gasteiger partial charge < -0.3 is 28.9 Å². The lowest BCUT2D eigenvalue weighted by Gasteiger charge is -2.46. The maximum atomic E-state index is 5.83. The molecule has 1 N–H and O–H groups in total. The van der Waals surface area contributed by atoms with Gasteiger partial charge in [0.2, 0.25) is 0 Å². The van der Waals surface area contributed by atoms with Crippen molar-refractivity contribution in [2.45, 2.75) is 196 Å². The van der Waals surface area contributed by atoms with Gasteiger partial charge in [0.05, 0.1) is 16.8 Å². The molecule has 0 aromatic rings. The summed E-state index contributed by atoms with van der Waals surface area (Å²) in [6.07, 6.45) is 6.12. The molecule has 0 bridgehead atoms. The van der Waals surface area contributed by atoms with Crippen LogP contribution in [0.2, 0.25) is 0 Å². The van der Waals surface area contributed by atoms with Gasteiger partial charge in [-0.05, 0) is 170 Å². The molecule has 4 aliphatic rings. The Kier molecular flexibility index (Phi) is 24.2. The Labute approximate surface area is 380 Å². The van der Waals surface area contributed by atoms with E-state index in [0.717, 1.165) is 77.8 Å². The van der Waals surface area contributed by atoms with Gasteiger partial charge in [0, 0.05) is 141 Å². The number of hydrogen-bond acceptors (Lipinski definition) is 11. The normalized spacial score (nSPS) is 21.5. The number of rotatable bonds is 14. The van der Waals surface area contributed by atoms with Crippen molar-refractivity contribution in [2.24, 2.45) is 0 Å². The van der Waals surface area contributed by atoms with Crippen molar-refractivity contribution in [3.63, 3.8) is 0 Å². The molecule has 4 heterocycles. The molecular formula is C50H106N8O3. The number of hydrogen-bond donors (Lipinski definition) is 1. The summed E-state index contributed by atoms with van der Waals surface area (Å²) in [4.78, 5) is 15.7. The van der Waals surface area contributed by atoms with Gasteiger partial charge in [0.25, 0.3) is 0 Å². The predicted octanol–water partition coefficient (Wildman–Crippen LogP) is 7.79. The molecule has 0 unspecified atom stereocenters. The molecule has 4 aliphatic heterocycles. The number of piperidine rings is 1. The standard InChI is InChI=1S/C20H41N3O.C15H33N3O.C15H32N2O/c1-19(2,3)23-15-13-22(14-16-23)18-8-11-21(12-9-18)10-7-17-24-20(4,5)6;1-14(2,3)16-18-11-9-17(10-12-18)8-7-13-19-15(4,5)6;1-14(2,3)17-11-9-16(10-12-17)8-7-13-18-15(4,5)6/h18H,7-17H2,1-6H3;16H,7-13H2,1-6H3;7-13H2,1-6H3. The van der Waals surface area contributed by atoms with Gasteiger partial charge in [-0.25, -0.2) is 10.4 Å². The average Bonchev–Trinajstić information content (AvgIpc) is 3.13. The van der Waals surface area contributed by atoms with E-state index < -0.39 is 0 Å². The van der Waals surface area contributed by atoms with Crippen LogP contribution < -0.4 is 5.43 Å². The molecule has 0 aromatic carbocycles. The number of likely N-dealkylation sites (tertiary alicyclic amines) is 1. The predicted molar refractivity (Wildman–Crippen MR) is 262 cm³/mol. The monoisotopic (exact) mass is 867 g/mol. The lowest BCUT2D eigenvalue weighted by atomic mass is 10.0. The summed E-state index contributed by atoms with van der Waals surface area (Å²) in [6.45, 7) is 62.6. The topological polar surface area (TPSA) is 62.4 Å².